The number of benzene rings is 3. The summed E-state index contributed by atoms with van der Waals surface area (Å²) in [6.07, 6.45) is 2.01. The van der Waals surface area contributed by atoms with E-state index in [-0.39, 0.29) is 17.2 Å². The smallest absolute Gasteiger partial charge is 0.278 e. The zero-order valence-electron chi connectivity index (χ0n) is 18.1. The van der Waals surface area contributed by atoms with E-state index >= 15 is 0 Å². The molecule has 5 aromatic rings. The summed E-state index contributed by atoms with van der Waals surface area (Å²) < 4.78 is 1.52. The molecule has 0 bridgehead atoms. The summed E-state index contributed by atoms with van der Waals surface area (Å²) in [4.78, 5) is 35.1. The van der Waals surface area contributed by atoms with Gasteiger partial charge in [-0.05, 0) is 60.2 Å². The summed E-state index contributed by atoms with van der Waals surface area (Å²) in [5.41, 5.74) is 3.65. The molecule has 3 aromatic carbocycles. The molecule has 0 aliphatic carbocycles. The lowest BCUT2D eigenvalue weighted by atomic mass is 10.1. The highest BCUT2D eigenvalue weighted by atomic mass is 16.3. The molecular weight excluding hydrogens is 428 g/mol. The van der Waals surface area contributed by atoms with Crippen LogP contribution in [0, 0.1) is 0 Å². The second-order valence-corrected chi connectivity index (χ2v) is 7.76. The van der Waals surface area contributed by atoms with Crippen LogP contribution in [0.5, 0.6) is 5.75 Å². The number of fused-ring (bicyclic) bond motifs is 1. The van der Waals surface area contributed by atoms with Crippen molar-refractivity contribution in [3.05, 3.63) is 124 Å². The third-order valence-corrected chi connectivity index (χ3v) is 5.39. The molecule has 7 nitrogen and oxygen atoms in total. The SMILES string of the molecule is O=C(Nc1cccc(-n2c(=O)c(Cc3ccccc3)nc3cccnc32)c1)c1ccc(O)cc1. The lowest BCUT2D eigenvalue weighted by molar-refractivity contribution is 0.102. The average molecular weight is 448 g/mol. The van der Waals surface area contributed by atoms with Crippen LogP contribution >= 0.6 is 0 Å². The van der Waals surface area contributed by atoms with Crippen molar-refractivity contribution in [1.82, 2.24) is 14.5 Å². The van der Waals surface area contributed by atoms with E-state index in [0.29, 0.717) is 40.2 Å². The van der Waals surface area contributed by atoms with Gasteiger partial charge in [-0.15, -0.1) is 0 Å². The van der Waals surface area contributed by atoms with Crippen molar-refractivity contribution in [3.63, 3.8) is 0 Å². The van der Waals surface area contributed by atoms with Crippen molar-refractivity contribution in [2.75, 3.05) is 5.32 Å². The number of nitrogens with zero attached hydrogens (tertiary/aromatic N) is 3. The molecular formula is C27H20N4O3. The molecule has 0 fully saturated rings. The summed E-state index contributed by atoms with van der Waals surface area (Å²) >= 11 is 0. The van der Waals surface area contributed by atoms with Crippen molar-refractivity contribution in [2.45, 2.75) is 6.42 Å². The number of carbonyl (C=O) groups is 1. The molecule has 1 amide bonds. The first-order valence-electron chi connectivity index (χ1n) is 10.7. The number of aromatic nitrogens is 3. The maximum Gasteiger partial charge on any atom is 0.278 e. The average Bonchev–Trinajstić information content (AvgIpc) is 2.86. The van der Waals surface area contributed by atoms with Gasteiger partial charge in [0.2, 0.25) is 0 Å². The standard InChI is InChI=1S/C27H20N4O3/c32-22-13-11-19(12-14-22)26(33)29-20-8-4-9-21(17-20)31-25-23(10-5-15-28-25)30-24(27(31)34)16-18-6-2-1-3-7-18/h1-15,17,32H,16H2,(H,29,33). The van der Waals surface area contributed by atoms with E-state index < -0.39 is 0 Å². The number of hydrogen-bond donors (Lipinski definition) is 2. The van der Waals surface area contributed by atoms with Gasteiger partial charge in [-0.3, -0.25) is 14.2 Å². The number of phenolic OH excluding ortho intramolecular Hbond substituents is 1. The molecule has 2 heterocycles. The third-order valence-electron chi connectivity index (χ3n) is 5.39. The maximum atomic E-state index is 13.5. The van der Waals surface area contributed by atoms with E-state index in [2.05, 4.69) is 15.3 Å². The Hall–Kier alpha value is -4.78. The molecule has 166 valence electrons. The predicted molar refractivity (Wildman–Crippen MR) is 130 cm³/mol. The van der Waals surface area contributed by atoms with E-state index in [4.69, 9.17) is 0 Å². The van der Waals surface area contributed by atoms with E-state index in [1.807, 2.05) is 36.4 Å². The zero-order valence-corrected chi connectivity index (χ0v) is 18.1. The van der Waals surface area contributed by atoms with Crippen LogP contribution in [0.2, 0.25) is 0 Å². The highest BCUT2D eigenvalue weighted by molar-refractivity contribution is 6.04. The Morgan fingerprint density at radius 2 is 1.71 bits per heavy atom. The lowest BCUT2D eigenvalue weighted by Crippen LogP contribution is -2.25. The predicted octanol–water partition coefficient (Wildman–Crippen LogP) is 4.33. The summed E-state index contributed by atoms with van der Waals surface area (Å²) in [6, 6.07) is 26.3. The number of anilines is 1. The molecule has 5 rings (SSSR count). The molecule has 0 aliphatic rings. The number of phenols is 1. The number of amides is 1. The van der Waals surface area contributed by atoms with Gasteiger partial charge in [-0.2, -0.15) is 0 Å². The lowest BCUT2D eigenvalue weighted by Gasteiger charge is -2.13. The Labute approximate surface area is 195 Å². The Morgan fingerprint density at radius 3 is 2.50 bits per heavy atom. The van der Waals surface area contributed by atoms with Gasteiger partial charge >= 0.3 is 0 Å². The fourth-order valence-electron chi connectivity index (χ4n) is 3.75. The van der Waals surface area contributed by atoms with Crippen LogP contribution < -0.4 is 10.9 Å². The van der Waals surface area contributed by atoms with Crippen molar-refractivity contribution < 1.29 is 9.90 Å². The van der Waals surface area contributed by atoms with Crippen LogP contribution in [0.3, 0.4) is 0 Å². The van der Waals surface area contributed by atoms with Crippen LogP contribution in [-0.2, 0) is 6.42 Å². The fraction of sp³-hybridized carbons (Fsp3) is 0.0370. The Morgan fingerprint density at radius 1 is 0.912 bits per heavy atom. The molecule has 0 unspecified atom stereocenters. The highest BCUT2D eigenvalue weighted by Gasteiger charge is 2.15. The number of hydrogen-bond acceptors (Lipinski definition) is 5. The summed E-state index contributed by atoms with van der Waals surface area (Å²) in [5.74, 6) is -0.242. The fourth-order valence-corrected chi connectivity index (χ4v) is 3.75. The molecule has 0 spiro atoms. The van der Waals surface area contributed by atoms with Gasteiger partial charge in [0.1, 0.15) is 17.0 Å². The Balaban J connectivity index is 1.56. The van der Waals surface area contributed by atoms with Crippen molar-refractivity contribution in [3.8, 4) is 11.4 Å². The van der Waals surface area contributed by atoms with Gasteiger partial charge in [0.15, 0.2) is 5.65 Å². The third kappa shape index (κ3) is 4.27. The topological polar surface area (TPSA) is 97.1 Å². The van der Waals surface area contributed by atoms with Crippen LogP contribution in [0.25, 0.3) is 16.9 Å². The van der Waals surface area contributed by atoms with Crippen LogP contribution in [-0.4, -0.2) is 25.5 Å². The minimum atomic E-state index is -0.327. The quantitative estimate of drug-likeness (QED) is 0.417. The first kappa shape index (κ1) is 21.1. The monoisotopic (exact) mass is 448 g/mol. The van der Waals surface area contributed by atoms with Gasteiger partial charge in [-0.1, -0.05) is 36.4 Å². The molecule has 2 aromatic heterocycles. The van der Waals surface area contributed by atoms with E-state index in [1.54, 1.807) is 36.5 Å². The summed E-state index contributed by atoms with van der Waals surface area (Å²) in [6.45, 7) is 0. The van der Waals surface area contributed by atoms with Gasteiger partial charge in [0.25, 0.3) is 11.5 Å². The molecule has 34 heavy (non-hydrogen) atoms. The number of nitrogens with one attached hydrogen (secondary N) is 1. The molecule has 2 N–H and O–H groups in total. The molecule has 0 saturated heterocycles. The second kappa shape index (κ2) is 8.99. The molecule has 0 saturated carbocycles. The van der Waals surface area contributed by atoms with Crippen LogP contribution in [0.1, 0.15) is 21.6 Å². The molecule has 0 aliphatic heterocycles. The van der Waals surface area contributed by atoms with Crippen LogP contribution in [0.4, 0.5) is 5.69 Å². The minimum Gasteiger partial charge on any atom is -0.508 e. The second-order valence-electron chi connectivity index (χ2n) is 7.76. The first-order valence-corrected chi connectivity index (χ1v) is 10.7. The van der Waals surface area contributed by atoms with Gasteiger partial charge in [-0.25, -0.2) is 9.97 Å². The summed E-state index contributed by atoms with van der Waals surface area (Å²) in [7, 11) is 0. The van der Waals surface area contributed by atoms with Gasteiger partial charge in [0.05, 0.1) is 5.69 Å². The number of carbonyl (C=O) groups excluding carboxylic acids is 1. The van der Waals surface area contributed by atoms with E-state index in [0.717, 1.165) is 5.56 Å². The Bertz CT molecular complexity index is 1540. The van der Waals surface area contributed by atoms with Gasteiger partial charge in [0, 0.05) is 23.9 Å². The first-order chi connectivity index (χ1) is 16.6. The number of pyridine rings is 1. The Kier molecular flexibility index (Phi) is 5.58. The van der Waals surface area contributed by atoms with Crippen LogP contribution in [0.15, 0.2) is 102 Å². The largest absolute Gasteiger partial charge is 0.508 e. The van der Waals surface area contributed by atoms with Crippen molar-refractivity contribution >= 4 is 22.8 Å². The maximum absolute atomic E-state index is 13.5. The van der Waals surface area contributed by atoms with Gasteiger partial charge < -0.3 is 10.4 Å². The summed E-state index contributed by atoms with van der Waals surface area (Å²) in [5, 5.41) is 12.3. The molecule has 0 radical (unpaired) electrons. The van der Waals surface area contributed by atoms with E-state index in [9.17, 15) is 14.7 Å². The van der Waals surface area contributed by atoms with E-state index in [1.165, 1.54) is 28.8 Å². The molecule has 7 heteroatoms. The van der Waals surface area contributed by atoms with Crippen molar-refractivity contribution in [1.29, 1.82) is 0 Å². The highest BCUT2D eigenvalue weighted by Crippen LogP contribution is 2.19. The van der Waals surface area contributed by atoms with Crippen molar-refractivity contribution in [2.24, 2.45) is 0 Å². The number of rotatable bonds is 5. The normalized spacial score (nSPS) is 10.8. The molecule has 0 atom stereocenters. The number of aromatic hydroxyl groups is 1. The minimum absolute atomic E-state index is 0.0845. The zero-order chi connectivity index (χ0) is 23.5.